The molecule has 0 saturated carbocycles. The molecule has 1 unspecified atom stereocenters. The van der Waals surface area contributed by atoms with Crippen LogP contribution in [0.25, 0.3) is 0 Å². The highest BCUT2D eigenvalue weighted by molar-refractivity contribution is 7.91. The van der Waals surface area contributed by atoms with Crippen LogP contribution in [0.5, 0.6) is 0 Å². The van der Waals surface area contributed by atoms with Gasteiger partial charge in [0, 0.05) is 31.1 Å². The van der Waals surface area contributed by atoms with Gasteiger partial charge < -0.3 is 15.4 Å². The number of nitrogens with one attached hydrogen (secondary N) is 1. The fourth-order valence-electron chi connectivity index (χ4n) is 1.88. The highest BCUT2D eigenvalue weighted by Crippen LogP contribution is 2.20. The zero-order valence-corrected chi connectivity index (χ0v) is 12.5. The largest absolute Gasteiger partial charge is 0.374 e. The summed E-state index contributed by atoms with van der Waals surface area (Å²) in [6.07, 6.45) is -0.0949. The van der Waals surface area contributed by atoms with Gasteiger partial charge in [-0.3, -0.25) is 0 Å². The topological polar surface area (TPSA) is 84.7 Å². The maximum Gasteiger partial charge on any atom is 0.250 e. The van der Waals surface area contributed by atoms with E-state index in [0.29, 0.717) is 23.9 Å². The lowest BCUT2D eigenvalue weighted by molar-refractivity contribution is -0.0156. The summed E-state index contributed by atoms with van der Waals surface area (Å²) in [5.74, 6) is 0. The van der Waals surface area contributed by atoms with Crippen molar-refractivity contribution in [3.63, 3.8) is 0 Å². The Hall–Kier alpha value is -0.510. The average molecular weight is 305 g/mol. The third kappa shape index (κ3) is 3.98. The fraction of sp³-hybridized carbons (Fsp3) is 0.636. The van der Waals surface area contributed by atoms with Crippen LogP contribution in [0.15, 0.2) is 16.3 Å². The molecule has 108 valence electrons. The number of nitrogens with zero attached hydrogens (tertiary/aromatic N) is 1. The number of likely N-dealkylation sites (N-methyl/N-ethyl adjacent to an activating group) is 1. The van der Waals surface area contributed by atoms with E-state index in [-0.39, 0.29) is 6.10 Å². The molecule has 2 heterocycles. The molecule has 19 heavy (non-hydrogen) atoms. The van der Waals surface area contributed by atoms with Crippen molar-refractivity contribution < 1.29 is 13.2 Å². The molecule has 1 atom stereocenters. The van der Waals surface area contributed by atoms with Crippen LogP contribution in [0.1, 0.15) is 4.88 Å². The zero-order chi connectivity index (χ0) is 13.9. The Balaban J connectivity index is 1.93. The van der Waals surface area contributed by atoms with Crippen LogP contribution in [0.4, 0.5) is 0 Å². The second-order valence-corrected chi connectivity index (χ2v) is 7.69. The van der Waals surface area contributed by atoms with E-state index in [1.165, 1.54) is 11.3 Å². The van der Waals surface area contributed by atoms with Crippen LogP contribution >= 0.6 is 11.3 Å². The molecule has 2 rings (SSSR count). The summed E-state index contributed by atoms with van der Waals surface area (Å²) in [5.41, 5.74) is 5.48. The lowest BCUT2D eigenvalue weighted by atomic mass is 10.3. The predicted molar refractivity (Wildman–Crippen MR) is 74.6 cm³/mol. The monoisotopic (exact) mass is 305 g/mol. The molecule has 0 spiro atoms. The molecule has 1 aliphatic rings. The summed E-state index contributed by atoms with van der Waals surface area (Å²) in [4.78, 5) is 2.98. The summed E-state index contributed by atoms with van der Waals surface area (Å²) in [5, 5.41) is 0. The number of nitrogens with two attached hydrogens (primary N) is 1. The first-order valence-corrected chi connectivity index (χ1v) is 8.40. The van der Waals surface area contributed by atoms with Gasteiger partial charge in [0.05, 0.1) is 12.7 Å². The van der Waals surface area contributed by atoms with Crippen molar-refractivity contribution in [1.82, 2.24) is 9.62 Å². The van der Waals surface area contributed by atoms with Gasteiger partial charge in [0.2, 0.25) is 10.0 Å². The lowest BCUT2D eigenvalue weighted by Gasteiger charge is -2.29. The van der Waals surface area contributed by atoms with E-state index in [4.69, 9.17) is 10.5 Å². The van der Waals surface area contributed by atoms with Crippen molar-refractivity contribution in [3.8, 4) is 0 Å². The Bertz CT molecular complexity index is 515. The molecule has 1 saturated heterocycles. The Kier molecular flexibility index (Phi) is 4.93. The van der Waals surface area contributed by atoms with Crippen molar-refractivity contribution in [1.29, 1.82) is 0 Å². The van der Waals surface area contributed by atoms with E-state index in [1.54, 1.807) is 12.1 Å². The fourth-order valence-corrected chi connectivity index (χ4v) is 4.22. The third-order valence-electron chi connectivity index (χ3n) is 2.95. The molecular weight excluding hydrogens is 286 g/mol. The maximum absolute atomic E-state index is 12.1. The first-order chi connectivity index (χ1) is 9.01. The van der Waals surface area contributed by atoms with E-state index in [0.717, 1.165) is 18.0 Å². The van der Waals surface area contributed by atoms with Crippen molar-refractivity contribution in [2.24, 2.45) is 5.73 Å². The number of morpholine rings is 1. The standard InChI is InChI=1S/C11H19N3O3S2/c1-14-4-5-17-9(8-14)7-13-19(15,16)11-3-2-10(6-12)18-11/h2-3,9,13H,4-8,12H2,1H3. The number of ether oxygens (including phenoxy) is 1. The molecule has 0 amide bonds. The van der Waals surface area contributed by atoms with Gasteiger partial charge in [-0.25, -0.2) is 13.1 Å². The van der Waals surface area contributed by atoms with Crippen LogP contribution < -0.4 is 10.5 Å². The second kappa shape index (κ2) is 6.29. The Morgan fingerprint density at radius 3 is 3.00 bits per heavy atom. The quantitative estimate of drug-likeness (QED) is 0.788. The number of hydrogen-bond acceptors (Lipinski definition) is 6. The molecule has 0 aliphatic carbocycles. The van der Waals surface area contributed by atoms with Gasteiger partial charge >= 0.3 is 0 Å². The number of sulfonamides is 1. The molecule has 1 aromatic heterocycles. The number of thiophene rings is 1. The summed E-state index contributed by atoms with van der Waals surface area (Å²) in [7, 11) is -1.46. The summed E-state index contributed by atoms with van der Waals surface area (Å²) in [6, 6.07) is 3.33. The normalized spacial score (nSPS) is 21.7. The average Bonchev–Trinajstić information content (AvgIpc) is 2.86. The second-order valence-electron chi connectivity index (χ2n) is 4.53. The van der Waals surface area contributed by atoms with Crippen LogP contribution in [-0.4, -0.2) is 52.7 Å². The first kappa shape index (κ1) is 14.9. The van der Waals surface area contributed by atoms with Crippen LogP contribution in [-0.2, 0) is 21.3 Å². The van der Waals surface area contributed by atoms with E-state index in [2.05, 4.69) is 9.62 Å². The van der Waals surface area contributed by atoms with Crippen LogP contribution in [0.3, 0.4) is 0 Å². The number of hydrogen-bond donors (Lipinski definition) is 2. The van der Waals surface area contributed by atoms with Gasteiger partial charge in [-0.2, -0.15) is 0 Å². The van der Waals surface area contributed by atoms with Crippen molar-refractivity contribution in [2.75, 3.05) is 33.3 Å². The van der Waals surface area contributed by atoms with Crippen molar-refractivity contribution in [3.05, 3.63) is 17.0 Å². The zero-order valence-electron chi connectivity index (χ0n) is 10.8. The van der Waals surface area contributed by atoms with Crippen LogP contribution in [0.2, 0.25) is 0 Å². The molecule has 3 N–H and O–H groups in total. The van der Waals surface area contributed by atoms with E-state index in [1.807, 2.05) is 7.05 Å². The molecule has 1 fully saturated rings. The van der Waals surface area contributed by atoms with E-state index in [9.17, 15) is 8.42 Å². The molecular formula is C11H19N3O3S2. The van der Waals surface area contributed by atoms with Gasteiger partial charge in [-0.05, 0) is 19.2 Å². The minimum atomic E-state index is -3.45. The van der Waals surface area contributed by atoms with Gasteiger partial charge in [0.1, 0.15) is 4.21 Å². The Morgan fingerprint density at radius 1 is 1.58 bits per heavy atom. The molecule has 1 aliphatic heterocycles. The SMILES string of the molecule is CN1CCOC(CNS(=O)(=O)c2ccc(CN)s2)C1. The smallest absolute Gasteiger partial charge is 0.250 e. The van der Waals surface area contributed by atoms with Crippen molar-refractivity contribution in [2.45, 2.75) is 16.9 Å². The molecule has 1 aromatic rings. The van der Waals surface area contributed by atoms with Crippen LogP contribution in [0, 0.1) is 0 Å². The molecule has 6 nitrogen and oxygen atoms in total. The molecule has 0 radical (unpaired) electrons. The van der Waals surface area contributed by atoms with E-state index >= 15 is 0 Å². The summed E-state index contributed by atoms with van der Waals surface area (Å²) < 4.78 is 32.6. The molecule has 8 heteroatoms. The third-order valence-corrected chi connectivity index (χ3v) is 5.97. The van der Waals surface area contributed by atoms with Crippen molar-refractivity contribution >= 4 is 21.4 Å². The Morgan fingerprint density at radius 2 is 2.37 bits per heavy atom. The van der Waals surface area contributed by atoms with Gasteiger partial charge in [-0.1, -0.05) is 0 Å². The molecule has 0 aromatic carbocycles. The Labute approximate surface area is 117 Å². The maximum atomic E-state index is 12.1. The first-order valence-electron chi connectivity index (χ1n) is 6.10. The highest BCUT2D eigenvalue weighted by Gasteiger charge is 2.22. The minimum absolute atomic E-state index is 0.0949. The molecule has 0 bridgehead atoms. The number of rotatable bonds is 5. The summed E-state index contributed by atoms with van der Waals surface area (Å²) in [6.45, 7) is 2.91. The summed E-state index contributed by atoms with van der Waals surface area (Å²) >= 11 is 1.20. The van der Waals surface area contributed by atoms with Gasteiger partial charge in [0.25, 0.3) is 0 Å². The van der Waals surface area contributed by atoms with E-state index < -0.39 is 10.0 Å². The highest BCUT2D eigenvalue weighted by atomic mass is 32.2. The van der Waals surface area contributed by atoms with Gasteiger partial charge in [0.15, 0.2) is 0 Å². The van der Waals surface area contributed by atoms with Gasteiger partial charge in [-0.15, -0.1) is 11.3 Å². The minimum Gasteiger partial charge on any atom is -0.374 e. The lowest BCUT2D eigenvalue weighted by Crippen LogP contribution is -2.45. The predicted octanol–water partition coefficient (Wildman–Crippen LogP) is -0.184.